The van der Waals surface area contributed by atoms with E-state index in [1.54, 1.807) is 19.5 Å². The van der Waals surface area contributed by atoms with E-state index in [0.29, 0.717) is 23.8 Å². The summed E-state index contributed by atoms with van der Waals surface area (Å²) in [6.45, 7) is 6.29. The lowest BCUT2D eigenvalue weighted by molar-refractivity contribution is -0.120. The molecular weight excluding hydrogens is 476 g/mol. The van der Waals surface area contributed by atoms with E-state index in [-0.39, 0.29) is 18.9 Å². The van der Waals surface area contributed by atoms with Crippen LogP contribution in [0.3, 0.4) is 0 Å². The van der Waals surface area contributed by atoms with Crippen molar-refractivity contribution in [3.8, 4) is 16.9 Å². The van der Waals surface area contributed by atoms with Gasteiger partial charge in [0.1, 0.15) is 17.4 Å². The van der Waals surface area contributed by atoms with Crippen LogP contribution < -0.4 is 15.4 Å². The molecule has 0 saturated carbocycles. The maximum absolute atomic E-state index is 13.7. The molecule has 3 N–H and O–H groups in total. The number of rotatable bonds is 12. The van der Waals surface area contributed by atoms with E-state index in [1.165, 1.54) is 24.6 Å². The van der Waals surface area contributed by atoms with E-state index in [2.05, 4.69) is 47.7 Å². The van der Waals surface area contributed by atoms with Crippen molar-refractivity contribution in [3.63, 3.8) is 0 Å². The number of methoxy groups -OCH3 is 1. The molecule has 3 aromatic rings. The Balaban J connectivity index is 1.76. The van der Waals surface area contributed by atoms with Crippen molar-refractivity contribution in [2.45, 2.75) is 52.3 Å². The number of nitrogens with zero attached hydrogens (tertiary/aromatic N) is 1. The molecular formula is C29H35F2N3O3. The molecule has 0 spiro atoms. The number of amides is 1. The Kier molecular flexibility index (Phi) is 10.1. The Bertz CT molecular complexity index is 1180. The molecule has 0 radical (unpaired) electrons. The average Bonchev–Trinajstić information content (AvgIpc) is 2.82. The number of nitrogens with one attached hydrogen (secondary N) is 2. The van der Waals surface area contributed by atoms with Crippen molar-refractivity contribution in [2.75, 3.05) is 13.7 Å². The van der Waals surface area contributed by atoms with Gasteiger partial charge < -0.3 is 20.5 Å². The molecule has 2 aromatic carbocycles. The fourth-order valence-corrected chi connectivity index (χ4v) is 4.38. The maximum atomic E-state index is 13.7. The highest BCUT2D eigenvalue weighted by Crippen LogP contribution is 2.28. The van der Waals surface area contributed by atoms with Gasteiger partial charge in [0, 0.05) is 37.8 Å². The van der Waals surface area contributed by atoms with E-state index in [4.69, 9.17) is 4.74 Å². The van der Waals surface area contributed by atoms with Crippen molar-refractivity contribution < 1.29 is 23.4 Å². The summed E-state index contributed by atoms with van der Waals surface area (Å²) < 4.78 is 32.6. The van der Waals surface area contributed by atoms with Gasteiger partial charge in [-0.1, -0.05) is 32.0 Å². The van der Waals surface area contributed by atoms with Crippen LogP contribution in [0, 0.1) is 17.6 Å². The Morgan fingerprint density at radius 2 is 1.76 bits per heavy atom. The second-order valence-corrected chi connectivity index (χ2v) is 9.69. The summed E-state index contributed by atoms with van der Waals surface area (Å²) in [7, 11) is 1.60. The Morgan fingerprint density at radius 1 is 1.03 bits per heavy atom. The summed E-state index contributed by atoms with van der Waals surface area (Å²) in [6, 6.07) is 10.7. The molecule has 0 unspecified atom stereocenters. The van der Waals surface area contributed by atoms with Crippen molar-refractivity contribution in [3.05, 3.63) is 83.2 Å². The molecule has 8 heteroatoms. The third-order valence-electron chi connectivity index (χ3n) is 5.97. The van der Waals surface area contributed by atoms with Crippen LogP contribution >= 0.6 is 0 Å². The van der Waals surface area contributed by atoms with Gasteiger partial charge in [-0.05, 0) is 59.2 Å². The molecule has 198 valence electrons. The number of hydrogen-bond acceptors (Lipinski definition) is 5. The number of aliphatic hydroxyl groups excluding tert-OH is 1. The second kappa shape index (κ2) is 13.3. The molecule has 2 atom stereocenters. The lowest BCUT2D eigenvalue weighted by Crippen LogP contribution is -2.48. The molecule has 0 saturated heterocycles. The highest BCUT2D eigenvalue weighted by Gasteiger charge is 2.21. The van der Waals surface area contributed by atoms with Gasteiger partial charge in [-0.3, -0.25) is 9.78 Å². The van der Waals surface area contributed by atoms with E-state index in [9.17, 15) is 18.7 Å². The zero-order valence-electron chi connectivity index (χ0n) is 21.7. The minimum atomic E-state index is -0.990. The fraction of sp³-hybridized carbons (Fsp3) is 0.379. The number of carbonyl (C=O) groups excluding carboxylic acids is 1. The van der Waals surface area contributed by atoms with Crippen LogP contribution in [0.2, 0.25) is 0 Å². The van der Waals surface area contributed by atoms with Crippen LogP contribution in [0.15, 0.2) is 54.9 Å². The standard InChI is InChI=1S/C29H35F2N3O3/c1-18(2)7-20-5-6-27(23-12-26(37-4)16-32-15-23)22(8-20)14-33-17-29(36)28(34-19(3)35)11-21-9-24(30)13-25(31)10-21/h5-6,8-10,12-13,15-16,18,28-29,33,36H,7,11,14,17H2,1-4H3,(H,34,35)/t28-,29+/m0/s1. The molecule has 0 bridgehead atoms. The van der Waals surface area contributed by atoms with Gasteiger partial charge in [-0.2, -0.15) is 0 Å². The Morgan fingerprint density at radius 3 is 2.41 bits per heavy atom. The zero-order valence-corrected chi connectivity index (χ0v) is 21.7. The first-order valence-electron chi connectivity index (χ1n) is 12.4. The van der Waals surface area contributed by atoms with Gasteiger partial charge in [0.15, 0.2) is 0 Å². The molecule has 0 aliphatic carbocycles. The number of ether oxygens (including phenoxy) is 1. The number of carbonyl (C=O) groups is 1. The number of aromatic nitrogens is 1. The van der Waals surface area contributed by atoms with Gasteiger partial charge in [0.05, 0.1) is 25.5 Å². The van der Waals surface area contributed by atoms with Gasteiger partial charge in [0.25, 0.3) is 0 Å². The summed E-state index contributed by atoms with van der Waals surface area (Å²) in [5.41, 5.74) is 4.50. The molecule has 0 fully saturated rings. The molecule has 6 nitrogen and oxygen atoms in total. The normalized spacial score (nSPS) is 12.9. The van der Waals surface area contributed by atoms with Crippen molar-refractivity contribution in [1.82, 2.24) is 15.6 Å². The second-order valence-electron chi connectivity index (χ2n) is 9.69. The Labute approximate surface area is 217 Å². The van der Waals surface area contributed by atoms with Crippen LogP contribution in [0.1, 0.15) is 37.5 Å². The van der Waals surface area contributed by atoms with Gasteiger partial charge in [-0.25, -0.2) is 8.78 Å². The molecule has 3 rings (SSSR count). The predicted octanol–water partition coefficient (Wildman–Crippen LogP) is 4.43. The van der Waals surface area contributed by atoms with E-state index >= 15 is 0 Å². The molecule has 1 aromatic heterocycles. The van der Waals surface area contributed by atoms with E-state index in [0.717, 1.165) is 29.2 Å². The minimum Gasteiger partial charge on any atom is -0.495 e. The van der Waals surface area contributed by atoms with Crippen molar-refractivity contribution in [1.29, 1.82) is 0 Å². The summed E-state index contributed by atoms with van der Waals surface area (Å²) in [5, 5.41) is 16.9. The predicted molar refractivity (Wildman–Crippen MR) is 140 cm³/mol. The first-order valence-corrected chi connectivity index (χ1v) is 12.4. The summed E-state index contributed by atoms with van der Waals surface area (Å²) in [5.74, 6) is -0.590. The summed E-state index contributed by atoms with van der Waals surface area (Å²) >= 11 is 0. The number of pyridine rings is 1. The third-order valence-corrected chi connectivity index (χ3v) is 5.97. The average molecular weight is 512 g/mol. The Hall–Kier alpha value is -3.36. The quantitative estimate of drug-likeness (QED) is 0.335. The highest BCUT2D eigenvalue weighted by molar-refractivity contribution is 5.73. The minimum absolute atomic E-state index is 0.0850. The van der Waals surface area contributed by atoms with Crippen LogP contribution in [0.25, 0.3) is 11.1 Å². The number of halogens is 2. The number of benzene rings is 2. The van der Waals surface area contributed by atoms with Crippen LogP contribution in [0.4, 0.5) is 8.78 Å². The van der Waals surface area contributed by atoms with Gasteiger partial charge in [0.2, 0.25) is 5.91 Å². The van der Waals surface area contributed by atoms with Crippen LogP contribution in [-0.2, 0) is 24.2 Å². The maximum Gasteiger partial charge on any atom is 0.217 e. The van der Waals surface area contributed by atoms with Crippen LogP contribution in [0.5, 0.6) is 5.75 Å². The van der Waals surface area contributed by atoms with E-state index < -0.39 is 23.8 Å². The lowest BCUT2D eigenvalue weighted by Gasteiger charge is -2.24. The number of hydrogen-bond donors (Lipinski definition) is 3. The molecule has 0 aliphatic heterocycles. The first-order chi connectivity index (χ1) is 17.6. The topological polar surface area (TPSA) is 83.5 Å². The SMILES string of the molecule is COc1cncc(-c2ccc(CC(C)C)cc2CNC[C@@H](O)[C@H](Cc2cc(F)cc(F)c2)NC(C)=O)c1. The third kappa shape index (κ3) is 8.61. The van der Waals surface area contributed by atoms with Crippen molar-refractivity contribution >= 4 is 5.91 Å². The lowest BCUT2D eigenvalue weighted by atomic mass is 9.94. The smallest absolute Gasteiger partial charge is 0.217 e. The highest BCUT2D eigenvalue weighted by atomic mass is 19.1. The molecule has 37 heavy (non-hydrogen) atoms. The van der Waals surface area contributed by atoms with Crippen LogP contribution in [-0.4, -0.2) is 41.8 Å². The molecule has 1 heterocycles. The molecule has 0 aliphatic rings. The zero-order chi connectivity index (χ0) is 26.9. The first kappa shape index (κ1) is 28.2. The monoisotopic (exact) mass is 511 g/mol. The van der Waals surface area contributed by atoms with E-state index in [1.807, 2.05) is 6.07 Å². The summed E-state index contributed by atoms with van der Waals surface area (Å²) in [6.07, 6.45) is 3.46. The summed E-state index contributed by atoms with van der Waals surface area (Å²) in [4.78, 5) is 16.0. The number of aliphatic hydroxyl groups is 1. The molecule has 1 amide bonds. The largest absolute Gasteiger partial charge is 0.495 e. The fourth-order valence-electron chi connectivity index (χ4n) is 4.38. The van der Waals surface area contributed by atoms with Gasteiger partial charge in [-0.15, -0.1) is 0 Å². The van der Waals surface area contributed by atoms with Gasteiger partial charge >= 0.3 is 0 Å². The van der Waals surface area contributed by atoms with Crippen molar-refractivity contribution in [2.24, 2.45) is 5.92 Å².